The molecule has 0 bridgehead atoms. The SMILES string of the molecule is CC(NCCC(=O)C1(C)CC1)C(O)c1ccccc1. The van der Waals surface area contributed by atoms with E-state index in [1.807, 2.05) is 44.2 Å². The number of nitrogens with one attached hydrogen (secondary N) is 1. The van der Waals surface area contributed by atoms with E-state index in [2.05, 4.69) is 5.32 Å². The molecule has 19 heavy (non-hydrogen) atoms. The van der Waals surface area contributed by atoms with Gasteiger partial charge in [0.05, 0.1) is 6.10 Å². The van der Waals surface area contributed by atoms with Crippen molar-refractivity contribution < 1.29 is 9.90 Å². The third kappa shape index (κ3) is 3.64. The van der Waals surface area contributed by atoms with Crippen LogP contribution in [0.15, 0.2) is 30.3 Å². The van der Waals surface area contributed by atoms with Crippen molar-refractivity contribution in [3.63, 3.8) is 0 Å². The molecule has 104 valence electrons. The highest BCUT2D eigenvalue weighted by Gasteiger charge is 2.43. The first-order chi connectivity index (χ1) is 9.03. The van der Waals surface area contributed by atoms with Crippen LogP contribution in [0.1, 0.15) is 44.8 Å². The molecule has 0 aliphatic heterocycles. The highest BCUT2D eigenvalue weighted by Crippen LogP contribution is 2.46. The van der Waals surface area contributed by atoms with E-state index < -0.39 is 6.10 Å². The molecule has 3 heteroatoms. The number of aliphatic hydroxyl groups excluding tert-OH is 1. The van der Waals surface area contributed by atoms with Crippen molar-refractivity contribution in [1.82, 2.24) is 5.32 Å². The fourth-order valence-corrected chi connectivity index (χ4v) is 2.23. The van der Waals surface area contributed by atoms with E-state index in [4.69, 9.17) is 0 Å². The predicted molar refractivity (Wildman–Crippen MR) is 75.8 cm³/mol. The minimum Gasteiger partial charge on any atom is -0.387 e. The summed E-state index contributed by atoms with van der Waals surface area (Å²) in [5.41, 5.74) is 0.867. The van der Waals surface area contributed by atoms with Gasteiger partial charge >= 0.3 is 0 Å². The Labute approximate surface area is 115 Å². The van der Waals surface area contributed by atoms with Crippen LogP contribution in [-0.2, 0) is 4.79 Å². The number of Topliss-reactive ketones (excluding diaryl/α,β-unsaturated/α-hetero) is 1. The van der Waals surface area contributed by atoms with Gasteiger partial charge in [-0.2, -0.15) is 0 Å². The zero-order valence-corrected chi connectivity index (χ0v) is 11.7. The average molecular weight is 261 g/mol. The molecule has 3 nitrogen and oxygen atoms in total. The second-order valence-electron chi connectivity index (χ2n) is 5.83. The van der Waals surface area contributed by atoms with Crippen LogP contribution in [0.25, 0.3) is 0 Å². The van der Waals surface area contributed by atoms with Crippen molar-refractivity contribution in [2.24, 2.45) is 5.41 Å². The van der Waals surface area contributed by atoms with Crippen LogP contribution in [0.3, 0.4) is 0 Å². The van der Waals surface area contributed by atoms with E-state index in [9.17, 15) is 9.90 Å². The smallest absolute Gasteiger partial charge is 0.140 e. The van der Waals surface area contributed by atoms with Crippen molar-refractivity contribution >= 4 is 5.78 Å². The number of hydrogen-bond acceptors (Lipinski definition) is 3. The van der Waals surface area contributed by atoms with Crippen molar-refractivity contribution in [3.8, 4) is 0 Å². The third-order valence-corrected chi connectivity index (χ3v) is 4.11. The van der Waals surface area contributed by atoms with Crippen molar-refractivity contribution in [2.45, 2.75) is 45.3 Å². The molecule has 1 aromatic rings. The summed E-state index contributed by atoms with van der Waals surface area (Å²) in [6.45, 7) is 4.62. The van der Waals surface area contributed by atoms with Crippen LogP contribution in [-0.4, -0.2) is 23.5 Å². The first-order valence-corrected chi connectivity index (χ1v) is 7.03. The molecule has 0 saturated heterocycles. The number of hydrogen-bond donors (Lipinski definition) is 2. The van der Waals surface area contributed by atoms with Gasteiger partial charge in [-0.25, -0.2) is 0 Å². The molecule has 2 atom stereocenters. The minimum atomic E-state index is -0.534. The lowest BCUT2D eigenvalue weighted by Gasteiger charge is -2.20. The van der Waals surface area contributed by atoms with Gasteiger partial charge in [-0.05, 0) is 25.3 Å². The largest absolute Gasteiger partial charge is 0.387 e. The molecule has 1 saturated carbocycles. The topological polar surface area (TPSA) is 49.3 Å². The Bertz CT molecular complexity index is 426. The summed E-state index contributed by atoms with van der Waals surface area (Å²) in [5.74, 6) is 0.349. The van der Waals surface area contributed by atoms with Crippen molar-refractivity contribution in [2.75, 3.05) is 6.54 Å². The summed E-state index contributed by atoms with van der Waals surface area (Å²) in [4.78, 5) is 11.8. The molecule has 0 spiro atoms. The Hall–Kier alpha value is -1.19. The maximum atomic E-state index is 11.8. The minimum absolute atomic E-state index is 0.0387. The fourth-order valence-electron chi connectivity index (χ4n) is 2.23. The Balaban J connectivity index is 1.75. The fraction of sp³-hybridized carbons (Fsp3) is 0.562. The first kappa shape index (κ1) is 14.2. The molecular weight excluding hydrogens is 238 g/mol. The summed E-state index contributed by atoms with van der Waals surface area (Å²) in [7, 11) is 0. The zero-order chi connectivity index (χ0) is 13.9. The van der Waals surface area contributed by atoms with Gasteiger partial charge in [-0.15, -0.1) is 0 Å². The van der Waals surface area contributed by atoms with Crippen molar-refractivity contribution in [1.29, 1.82) is 0 Å². The highest BCUT2D eigenvalue weighted by molar-refractivity contribution is 5.86. The van der Waals surface area contributed by atoms with Gasteiger partial charge in [-0.3, -0.25) is 4.79 Å². The van der Waals surface area contributed by atoms with Crippen LogP contribution in [0.2, 0.25) is 0 Å². The van der Waals surface area contributed by atoms with Gasteiger partial charge in [0.15, 0.2) is 0 Å². The van der Waals surface area contributed by atoms with E-state index in [0.29, 0.717) is 18.7 Å². The molecule has 0 heterocycles. The second-order valence-corrected chi connectivity index (χ2v) is 5.83. The molecule has 0 radical (unpaired) electrons. The number of aliphatic hydroxyl groups is 1. The lowest BCUT2D eigenvalue weighted by atomic mass is 10.0. The summed E-state index contributed by atoms with van der Waals surface area (Å²) >= 11 is 0. The van der Waals surface area contributed by atoms with Gasteiger partial charge in [0.2, 0.25) is 0 Å². The molecule has 0 amide bonds. The van der Waals surface area contributed by atoms with Crippen molar-refractivity contribution in [3.05, 3.63) is 35.9 Å². The second kappa shape index (κ2) is 5.85. The van der Waals surface area contributed by atoms with Gasteiger partial charge in [0.1, 0.15) is 5.78 Å². The number of carbonyl (C=O) groups excluding carboxylic acids is 1. The van der Waals surface area contributed by atoms with Crippen LogP contribution in [0.5, 0.6) is 0 Å². The summed E-state index contributed by atoms with van der Waals surface area (Å²) in [5, 5.41) is 13.4. The van der Waals surface area contributed by atoms with Gasteiger partial charge in [0.25, 0.3) is 0 Å². The van der Waals surface area contributed by atoms with Gasteiger partial charge < -0.3 is 10.4 Å². The van der Waals surface area contributed by atoms with E-state index in [1.54, 1.807) is 0 Å². The molecule has 2 N–H and O–H groups in total. The standard InChI is InChI=1S/C16H23NO2/c1-12(15(19)13-6-4-3-5-7-13)17-11-8-14(18)16(2)9-10-16/h3-7,12,15,17,19H,8-11H2,1-2H3. The lowest BCUT2D eigenvalue weighted by Crippen LogP contribution is -2.34. The van der Waals surface area contributed by atoms with Gasteiger partial charge in [0, 0.05) is 24.4 Å². The number of ketones is 1. The van der Waals surface area contributed by atoms with Crippen LogP contribution in [0, 0.1) is 5.41 Å². The number of benzene rings is 1. The Morgan fingerprint density at radius 1 is 1.37 bits per heavy atom. The maximum Gasteiger partial charge on any atom is 0.140 e. The van der Waals surface area contributed by atoms with E-state index in [-0.39, 0.29) is 11.5 Å². The predicted octanol–water partition coefficient (Wildman–Crippen LogP) is 2.46. The molecule has 1 fully saturated rings. The Morgan fingerprint density at radius 2 is 2.00 bits per heavy atom. The molecular formula is C16H23NO2. The molecule has 1 aliphatic carbocycles. The Kier molecular flexibility index (Phi) is 4.38. The summed E-state index contributed by atoms with van der Waals surface area (Å²) in [6, 6.07) is 9.55. The lowest BCUT2D eigenvalue weighted by molar-refractivity contribution is -0.123. The number of carbonyl (C=O) groups is 1. The normalized spacial score (nSPS) is 19.7. The molecule has 1 aliphatic rings. The molecule has 2 rings (SSSR count). The van der Waals surface area contributed by atoms with E-state index in [1.165, 1.54) is 0 Å². The number of rotatable bonds is 7. The molecule has 0 aromatic heterocycles. The van der Waals surface area contributed by atoms with Crippen LogP contribution in [0.4, 0.5) is 0 Å². The van der Waals surface area contributed by atoms with Crippen LogP contribution >= 0.6 is 0 Å². The quantitative estimate of drug-likeness (QED) is 0.792. The summed E-state index contributed by atoms with van der Waals surface area (Å²) < 4.78 is 0. The molecule has 2 unspecified atom stereocenters. The third-order valence-electron chi connectivity index (χ3n) is 4.11. The highest BCUT2D eigenvalue weighted by atomic mass is 16.3. The van der Waals surface area contributed by atoms with Crippen LogP contribution < -0.4 is 5.32 Å². The first-order valence-electron chi connectivity index (χ1n) is 7.03. The Morgan fingerprint density at radius 3 is 2.58 bits per heavy atom. The average Bonchev–Trinajstić information content (AvgIpc) is 3.18. The summed E-state index contributed by atoms with van der Waals surface area (Å²) in [6.07, 6.45) is 2.09. The monoisotopic (exact) mass is 261 g/mol. The van der Waals surface area contributed by atoms with E-state index in [0.717, 1.165) is 18.4 Å². The van der Waals surface area contributed by atoms with Gasteiger partial charge in [-0.1, -0.05) is 37.3 Å². The van der Waals surface area contributed by atoms with E-state index >= 15 is 0 Å². The maximum absolute atomic E-state index is 11.8. The zero-order valence-electron chi connectivity index (χ0n) is 11.7. The molecule has 1 aromatic carbocycles.